The molecular weight excluding hydrogens is 262 g/mol. The molecule has 0 aliphatic heterocycles. The minimum Gasteiger partial charge on any atom is -0.374 e. The van der Waals surface area contributed by atoms with Crippen molar-refractivity contribution in [3.8, 4) is 0 Å². The van der Waals surface area contributed by atoms with Crippen molar-refractivity contribution < 1.29 is 4.92 Å². The van der Waals surface area contributed by atoms with Gasteiger partial charge in [0, 0.05) is 17.6 Å². The topological polar surface area (TPSA) is 68.1 Å². The third-order valence-electron chi connectivity index (χ3n) is 2.08. The number of hydrogen-bond acceptors (Lipinski definition) is 5. The molecular formula is C10H8ClN3O2S. The van der Waals surface area contributed by atoms with Crippen molar-refractivity contribution in [2.24, 2.45) is 0 Å². The number of thiophene rings is 1. The number of anilines is 1. The van der Waals surface area contributed by atoms with Crippen LogP contribution < -0.4 is 5.32 Å². The summed E-state index contributed by atoms with van der Waals surface area (Å²) in [5.41, 5.74) is 0.421. The second-order valence-corrected chi connectivity index (χ2v) is 5.01. The summed E-state index contributed by atoms with van der Waals surface area (Å²) in [5.74, 6) is 0. The van der Waals surface area contributed by atoms with E-state index in [9.17, 15) is 10.1 Å². The van der Waals surface area contributed by atoms with Gasteiger partial charge in [-0.15, -0.1) is 11.3 Å². The summed E-state index contributed by atoms with van der Waals surface area (Å²) in [6.07, 6.45) is 2.74. The highest BCUT2D eigenvalue weighted by Gasteiger charge is 2.12. The molecule has 88 valence electrons. The highest BCUT2D eigenvalue weighted by atomic mass is 35.5. The predicted molar refractivity (Wildman–Crippen MR) is 67.5 cm³/mol. The van der Waals surface area contributed by atoms with Gasteiger partial charge in [0.1, 0.15) is 11.9 Å². The average molecular weight is 270 g/mol. The van der Waals surface area contributed by atoms with Gasteiger partial charge in [-0.1, -0.05) is 11.6 Å². The Labute approximate surface area is 106 Å². The Balaban J connectivity index is 2.11. The van der Waals surface area contributed by atoms with Crippen LogP contribution in [0, 0.1) is 10.1 Å². The number of nitrogens with one attached hydrogen (secondary N) is 1. The van der Waals surface area contributed by atoms with Gasteiger partial charge in [0.2, 0.25) is 0 Å². The molecule has 0 bridgehead atoms. The van der Waals surface area contributed by atoms with Gasteiger partial charge < -0.3 is 5.32 Å². The maximum Gasteiger partial charge on any atom is 0.310 e. The lowest BCUT2D eigenvalue weighted by Gasteiger charge is -2.04. The molecule has 0 amide bonds. The summed E-state index contributed by atoms with van der Waals surface area (Å²) in [7, 11) is 0. The molecule has 2 rings (SSSR count). The van der Waals surface area contributed by atoms with Gasteiger partial charge in [-0.3, -0.25) is 15.1 Å². The lowest BCUT2D eigenvalue weighted by atomic mass is 10.3. The summed E-state index contributed by atoms with van der Waals surface area (Å²) in [6.45, 7) is 0.502. The molecule has 0 spiro atoms. The van der Waals surface area contributed by atoms with E-state index in [0.29, 0.717) is 16.6 Å². The zero-order valence-corrected chi connectivity index (χ0v) is 10.2. The first-order chi connectivity index (χ1) is 8.16. The first-order valence-corrected chi connectivity index (χ1v) is 5.93. The minimum absolute atomic E-state index is 0.0323. The third-order valence-corrected chi connectivity index (χ3v) is 3.31. The molecule has 7 heteroatoms. The van der Waals surface area contributed by atoms with Crippen molar-refractivity contribution in [3.63, 3.8) is 0 Å². The van der Waals surface area contributed by atoms with Crippen molar-refractivity contribution in [2.75, 3.05) is 5.32 Å². The van der Waals surface area contributed by atoms with Gasteiger partial charge in [-0.2, -0.15) is 0 Å². The molecule has 2 aromatic rings. The Hall–Kier alpha value is -1.66. The Kier molecular flexibility index (Phi) is 3.55. The molecule has 0 unspecified atom stereocenters. The van der Waals surface area contributed by atoms with Gasteiger partial charge in [-0.25, -0.2) is 0 Å². The fourth-order valence-corrected chi connectivity index (χ4v) is 2.34. The predicted octanol–water partition coefficient (Wildman–Crippen LogP) is 3.32. The molecule has 0 radical (unpaired) electrons. The molecule has 1 N–H and O–H groups in total. The molecule has 2 heterocycles. The van der Waals surface area contributed by atoms with Crippen LogP contribution in [0.5, 0.6) is 0 Å². The van der Waals surface area contributed by atoms with E-state index in [1.165, 1.54) is 23.7 Å². The Bertz CT molecular complexity index is 544. The Morgan fingerprint density at radius 2 is 2.29 bits per heavy atom. The summed E-state index contributed by atoms with van der Waals surface area (Å²) >= 11 is 7.24. The number of hydrogen-bond donors (Lipinski definition) is 1. The number of pyridine rings is 1. The number of halogens is 1. The molecule has 0 aliphatic carbocycles. The third kappa shape index (κ3) is 2.92. The van der Waals surface area contributed by atoms with Gasteiger partial charge in [0.25, 0.3) is 0 Å². The summed E-state index contributed by atoms with van der Waals surface area (Å²) in [5, 5.41) is 13.7. The standard InChI is InChI=1S/C10H8ClN3O2S/c11-10-2-1-7(17-10)5-13-8-3-4-12-6-9(8)14(15)16/h1-4,6H,5H2,(H,12,13). The van der Waals surface area contributed by atoms with E-state index in [1.807, 2.05) is 6.07 Å². The fraction of sp³-hybridized carbons (Fsp3) is 0.100. The molecule has 5 nitrogen and oxygen atoms in total. The van der Waals surface area contributed by atoms with Crippen molar-refractivity contribution in [1.29, 1.82) is 0 Å². The maximum absolute atomic E-state index is 10.7. The SMILES string of the molecule is O=[N+]([O-])c1cnccc1NCc1ccc(Cl)s1. The van der Waals surface area contributed by atoms with E-state index in [4.69, 9.17) is 11.6 Å². The second-order valence-electron chi connectivity index (χ2n) is 3.21. The van der Waals surface area contributed by atoms with E-state index in [1.54, 1.807) is 12.1 Å². The van der Waals surface area contributed by atoms with Crippen LogP contribution >= 0.6 is 22.9 Å². The molecule has 0 atom stereocenters. The van der Waals surface area contributed by atoms with Crippen LogP contribution in [-0.2, 0) is 6.54 Å². The number of rotatable bonds is 4. The molecule has 0 saturated carbocycles. The summed E-state index contributed by atoms with van der Waals surface area (Å²) in [4.78, 5) is 15.0. The van der Waals surface area contributed by atoms with E-state index >= 15 is 0 Å². The Morgan fingerprint density at radius 3 is 2.94 bits per heavy atom. The highest BCUT2D eigenvalue weighted by molar-refractivity contribution is 7.16. The zero-order valence-electron chi connectivity index (χ0n) is 8.59. The molecule has 0 saturated heterocycles. The normalized spacial score (nSPS) is 10.2. The van der Waals surface area contributed by atoms with E-state index in [-0.39, 0.29) is 5.69 Å². The van der Waals surface area contributed by atoms with Crippen LogP contribution in [0.15, 0.2) is 30.6 Å². The monoisotopic (exact) mass is 269 g/mol. The lowest BCUT2D eigenvalue weighted by molar-refractivity contribution is -0.384. The van der Waals surface area contributed by atoms with Crippen molar-refractivity contribution >= 4 is 34.3 Å². The van der Waals surface area contributed by atoms with Crippen molar-refractivity contribution in [3.05, 3.63) is 49.9 Å². The average Bonchev–Trinajstić information content (AvgIpc) is 2.73. The van der Waals surface area contributed by atoms with Crippen molar-refractivity contribution in [1.82, 2.24) is 4.98 Å². The van der Waals surface area contributed by atoms with Crippen LogP contribution in [-0.4, -0.2) is 9.91 Å². The van der Waals surface area contributed by atoms with E-state index in [2.05, 4.69) is 10.3 Å². The van der Waals surface area contributed by atoms with Crippen molar-refractivity contribution in [2.45, 2.75) is 6.54 Å². The minimum atomic E-state index is -0.462. The second kappa shape index (κ2) is 5.11. The zero-order chi connectivity index (χ0) is 12.3. The maximum atomic E-state index is 10.7. The fourth-order valence-electron chi connectivity index (χ4n) is 1.31. The van der Waals surface area contributed by atoms with Gasteiger partial charge >= 0.3 is 5.69 Å². The quantitative estimate of drug-likeness (QED) is 0.683. The molecule has 2 aromatic heterocycles. The first kappa shape index (κ1) is 11.8. The smallest absolute Gasteiger partial charge is 0.310 e. The van der Waals surface area contributed by atoms with Crippen LogP contribution in [0.4, 0.5) is 11.4 Å². The summed E-state index contributed by atoms with van der Waals surface area (Å²) in [6, 6.07) is 5.25. The van der Waals surface area contributed by atoms with Gasteiger partial charge in [0.05, 0.1) is 9.26 Å². The molecule has 0 aromatic carbocycles. The molecule has 0 fully saturated rings. The number of nitrogens with zero attached hydrogens (tertiary/aromatic N) is 2. The van der Waals surface area contributed by atoms with Gasteiger partial charge in [0.15, 0.2) is 0 Å². The first-order valence-electron chi connectivity index (χ1n) is 4.73. The largest absolute Gasteiger partial charge is 0.374 e. The van der Waals surface area contributed by atoms with Crippen LogP contribution in [0.1, 0.15) is 4.88 Å². The summed E-state index contributed by atoms with van der Waals surface area (Å²) < 4.78 is 0.700. The number of aromatic nitrogens is 1. The lowest BCUT2D eigenvalue weighted by Crippen LogP contribution is -2.01. The number of nitro groups is 1. The molecule has 17 heavy (non-hydrogen) atoms. The van der Waals surface area contributed by atoms with Gasteiger partial charge in [-0.05, 0) is 18.2 Å². The molecule has 0 aliphatic rings. The highest BCUT2D eigenvalue weighted by Crippen LogP contribution is 2.25. The van der Waals surface area contributed by atoms with Crippen LogP contribution in [0.25, 0.3) is 0 Å². The Morgan fingerprint density at radius 1 is 1.47 bits per heavy atom. The van der Waals surface area contributed by atoms with Crippen LogP contribution in [0.3, 0.4) is 0 Å². The van der Waals surface area contributed by atoms with E-state index < -0.39 is 4.92 Å². The van der Waals surface area contributed by atoms with E-state index in [0.717, 1.165) is 4.88 Å². The van der Waals surface area contributed by atoms with Crippen LogP contribution in [0.2, 0.25) is 4.34 Å².